The number of ether oxygens (including phenoxy) is 2. The Labute approximate surface area is 107 Å². The standard InChI is InChI=1S/C11H11NO3S2/c1-14-6-3-8(16-5-6)9-4-7(12)10(17-9)11(13)15-2/h3-5H,12H2,1-2H3. The molecule has 0 saturated carbocycles. The molecule has 0 aromatic carbocycles. The molecule has 4 nitrogen and oxygen atoms in total. The average molecular weight is 269 g/mol. The Hall–Kier alpha value is -1.53. The Morgan fingerprint density at radius 2 is 2.06 bits per heavy atom. The summed E-state index contributed by atoms with van der Waals surface area (Å²) in [5, 5.41) is 1.91. The molecule has 0 aliphatic heterocycles. The topological polar surface area (TPSA) is 61.5 Å². The van der Waals surface area contributed by atoms with Gasteiger partial charge in [-0.3, -0.25) is 0 Å². The summed E-state index contributed by atoms with van der Waals surface area (Å²) in [4.78, 5) is 13.8. The highest BCUT2D eigenvalue weighted by Crippen LogP contribution is 2.38. The van der Waals surface area contributed by atoms with Gasteiger partial charge in [-0.05, 0) is 12.1 Å². The van der Waals surface area contributed by atoms with Crippen molar-refractivity contribution in [2.75, 3.05) is 20.0 Å². The molecule has 2 aromatic rings. The number of rotatable bonds is 3. The van der Waals surface area contributed by atoms with Crippen LogP contribution in [0.2, 0.25) is 0 Å². The third kappa shape index (κ3) is 2.27. The summed E-state index contributed by atoms with van der Waals surface area (Å²) in [5.74, 6) is 0.402. The molecule has 0 unspecified atom stereocenters. The number of anilines is 1. The number of methoxy groups -OCH3 is 2. The minimum atomic E-state index is -0.401. The monoisotopic (exact) mass is 269 g/mol. The fraction of sp³-hybridized carbons (Fsp3) is 0.182. The second-order valence-electron chi connectivity index (χ2n) is 3.24. The van der Waals surface area contributed by atoms with Crippen LogP contribution in [-0.2, 0) is 4.74 Å². The van der Waals surface area contributed by atoms with Crippen LogP contribution in [0.25, 0.3) is 9.75 Å². The predicted molar refractivity (Wildman–Crippen MR) is 69.9 cm³/mol. The summed E-state index contributed by atoms with van der Waals surface area (Å²) in [5.41, 5.74) is 6.23. The summed E-state index contributed by atoms with van der Waals surface area (Å²) in [7, 11) is 2.96. The molecule has 2 rings (SSSR count). The number of carbonyl (C=O) groups is 1. The number of esters is 1. The molecule has 0 bridgehead atoms. The maximum atomic E-state index is 11.4. The van der Waals surface area contributed by atoms with Gasteiger partial charge in [0.2, 0.25) is 0 Å². The molecule has 0 radical (unpaired) electrons. The fourth-order valence-electron chi connectivity index (χ4n) is 1.33. The van der Waals surface area contributed by atoms with Gasteiger partial charge in [0.15, 0.2) is 0 Å². The minimum absolute atomic E-state index is 0.401. The molecule has 0 amide bonds. The van der Waals surface area contributed by atoms with Gasteiger partial charge in [-0.2, -0.15) is 0 Å². The lowest BCUT2D eigenvalue weighted by atomic mass is 10.3. The van der Waals surface area contributed by atoms with Crippen LogP contribution >= 0.6 is 22.7 Å². The van der Waals surface area contributed by atoms with Crippen LogP contribution in [0.5, 0.6) is 5.75 Å². The molecule has 2 aromatic heterocycles. The van der Waals surface area contributed by atoms with Gasteiger partial charge in [-0.1, -0.05) is 0 Å². The van der Waals surface area contributed by atoms with Crippen LogP contribution in [0.4, 0.5) is 5.69 Å². The second kappa shape index (κ2) is 4.77. The van der Waals surface area contributed by atoms with Crippen LogP contribution in [0.3, 0.4) is 0 Å². The molecule has 6 heteroatoms. The largest absolute Gasteiger partial charge is 0.496 e. The zero-order chi connectivity index (χ0) is 12.4. The summed E-state index contributed by atoms with van der Waals surface area (Å²) in [6, 6.07) is 3.69. The molecular weight excluding hydrogens is 258 g/mol. The Bertz CT molecular complexity index is 545. The number of nitrogens with two attached hydrogens (primary N) is 1. The highest BCUT2D eigenvalue weighted by Gasteiger charge is 2.16. The average Bonchev–Trinajstić information content (AvgIpc) is 2.94. The van der Waals surface area contributed by atoms with Gasteiger partial charge >= 0.3 is 5.97 Å². The maximum Gasteiger partial charge on any atom is 0.350 e. The zero-order valence-corrected chi connectivity index (χ0v) is 11.0. The predicted octanol–water partition coefficient (Wildman–Crippen LogP) is 2.85. The Balaban J connectivity index is 2.37. The lowest BCUT2D eigenvalue weighted by Crippen LogP contribution is -2.00. The quantitative estimate of drug-likeness (QED) is 0.870. The van der Waals surface area contributed by atoms with E-state index in [1.165, 1.54) is 18.4 Å². The van der Waals surface area contributed by atoms with E-state index in [0.717, 1.165) is 15.5 Å². The third-order valence-corrected chi connectivity index (χ3v) is 4.42. The van der Waals surface area contributed by atoms with Crippen molar-refractivity contribution in [3.8, 4) is 15.5 Å². The number of hydrogen-bond acceptors (Lipinski definition) is 6. The highest BCUT2D eigenvalue weighted by molar-refractivity contribution is 7.22. The van der Waals surface area contributed by atoms with E-state index >= 15 is 0 Å². The van der Waals surface area contributed by atoms with Gasteiger partial charge in [0.1, 0.15) is 10.6 Å². The van der Waals surface area contributed by atoms with Crippen molar-refractivity contribution in [1.82, 2.24) is 0 Å². The van der Waals surface area contributed by atoms with Crippen molar-refractivity contribution < 1.29 is 14.3 Å². The Morgan fingerprint density at radius 1 is 1.29 bits per heavy atom. The van der Waals surface area contributed by atoms with Crippen molar-refractivity contribution in [3.63, 3.8) is 0 Å². The molecule has 0 fully saturated rings. The SMILES string of the molecule is COC(=O)c1sc(-c2cc(OC)cs2)cc1N. The minimum Gasteiger partial charge on any atom is -0.496 e. The van der Waals surface area contributed by atoms with Crippen LogP contribution < -0.4 is 10.5 Å². The summed E-state index contributed by atoms with van der Waals surface area (Å²) >= 11 is 2.87. The van der Waals surface area contributed by atoms with Gasteiger partial charge in [0, 0.05) is 15.1 Å². The van der Waals surface area contributed by atoms with Crippen LogP contribution in [-0.4, -0.2) is 20.2 Å². The maximum absolute atomic E-state index is 11.4. The normalized spacial score (nSPS) is 10.2. The van der Waals surface area contributed by atoms with E-state index in [9.17, 15) is 4.79 Å². The van der Waals surface area contributed by atoms with E-state index in [1.807, 2.05) is 11.4 Å². The first-order valence-corrected chi connectivity index (χ1v) is 6.46. The van der Waals surface area contributed by atoms with Gasteiger partial charge in [-0.25, -0.2) is 4.79 Å². The smallest absolute Gasteiger partial charge is 0.350 e. The number of nitrogen functional groups attached to an aromatic ring is 1. The van der Waals surface area contributed by atoms with E-state index in [-0.39, 0.29) is 0 Å². The summed E-state index contributed by atoms with van der Waals surface area (Å²) in [6.07, 6.45) is 0. The summed E-state index contributed by atoms with van der Waals surface area (Å²) in [6.45, 7) is 0. The van der Waals surface area contributed by atoms with Crippen molar-refractivity contribution in [2.24, 2.45) is 0 Å². The van der Waals surface area contributed by atoms with Crippen molar-refractivity contribution in [2.45, 2.75) is 0 Å². The molecule has 0 aliphatic carbocycles. The van der Waals surface area contributed by atoms with E-state index in [4.69, 9.17) is 10.5 Å². The molecule has 17 heavy (non-hydrogen) atoms. The molecule has 0 spiro atoms. The van der Waals surface area contributed by atoms with Crippen molar-refractivity contribution >= 4 is 34.3 Å². The molecule has 2 N–H and O–H groups in total. The second-order valence-corrected chi connectivity index (χ2v) is 5.20. The Kier molecular flexibility index (Phi) is 3.35. The van der Waals surface area contributed by atoms with Crippen LogP contribution in [0.1, 0.15) is 9.67 Å². The number of carbonyl (C=O) groups excluding carboxylic acids is 1. The third-order valence-electron chi connectivity index (χ3n) is 2.19. The van der Waals surface area contributed by atoms with Gasteiger partial charge in [-0.15, -0.1) is 22.7 Å². The van der Waals surface area contributed by atoms with E-state index in [1.54, 1.807) is 24.5 Å². The molecule has 0 atom stereocenters. The van der Waals surface area contributed by atoms with Crippen LogP contribution in [0, 0.1) is 0 Å². The summed E-state index contributed by atoms with van der Waals surface area (Å²) < 4.78 is 9.78. The van der Waals surface area contributed by atoms with E-state index in [0.29, 0.717) is 10.6 Å². The molecule has 2 heterocycles. The first-order valence-electron chi connectivity index (χ1n) is 4.76. The van der Waals surface area contributed by atoms with Gasteiger partial charge in [0.25, 0.3) is 0 Å². The zero-order valence-electron chi connectivity index (χ0n) is 9.35. The van der Waals surface area contributed by atoms with E-state index in [2.05, 4.69) is 4.74 Å². The molecule has 0 aliphatic rings. The van der Waals surface area contributed by atoms with Gasteiger partial charge < -0.3 is 15.2 Å². The molecule has 0 saturated heterocycles. The molecular formula is C11H11NO3S2. The van der Waals surface area contributed by atoms with Crippen molar-refractivity contribution in [1.29, 1.82) is 0 Å². The number of hydrogen-bond donors (Lipinski definition) is 1. The lowest BCUT2D eigenvalue weighted by molar-refractivity contribution is 0.0607. The first-order chi connectivity index (χ1) is 8.15. The first kappa shape index (κ1) is 11.9. The lowest BCUT2D eigenvalue weighted by Gasteiger charge is -1.94. The number of thiophene rings is 2. The van der Waals surface area contributed by atoms with Crippen LogP contribution in [0.15, 0.2) is 17.5 Å². The Morgan fingerprint density at radius 3 is 2.65 bits per heavy atom. The van der Waals surface area contributed by atoms with Gasteiger partial charge in [0.05, 0.1) is 19.9 Å². The van der Waals surface area contributed by atoms with Crippen molar-refractivity contribution in [3.05, 3.63) is 22.4 Å². The molecule has 90 valence electrons. The highest BCUT2D eigenvalue weighted by atomic mass is 32.1. The van der Waals surface area contributed by atoms with E-state index < -0.39 is 5.97 Å². The fourth-order valence-corrected chi connectivity index (χ4v) is 3.28.